The first kappa shape index (κ1) is 14.5. The fourth-order valence-electron chi connectivity index (χ4n) is 3.94. The maximum atomic E-state index is 6.68. The van der Waals surface area contributed by atoms with Crippen molar-refractivity contribution in [1.29, 1.82) is 0 Å². The number of rotatable bonds is 5. The van der Waals surface area contributed by atoms with E-state index in [-0.39, 0.29) is 5.54 Å². The molecule has 0 bridgehead atoms. The first-order chi connectivity index (χ1) is 9.81. The molecule has 2 fully saturated rings. The van der Waals surface area contributed by atoms with Crippen molar-refractivity contribution in [2.75, 3.05) is 26.3 Å². The molecule has 1 aliphatic carbocycles. The van der Waals surface area contributed by atoms with E-state index in [1.54, 1.807) is 11.3 Å². The van der Waals surface area contributed by atoms with E-state index < -0.39 is 0 Å². The highest BCUT2D eigenvalue weighted by atomic mass is 32.1. The number of nitrogens with two attached hydrogens (primary N) is 1. The Bertz CT molecular complexity index is 395. The van der Waals surface area contributed by atoms with Gasteiger partial charge in [0.2, 0.25) is 0 Å². The largest absolute Gasteiger partial charge is 0.379 e. The molecule has 0 spiro atoms. The van der Waals surface area contributed by atoms with E-state index in [1.807, 2.05) is 0 Å². The van der Waals surface area contributed by atoms with Gasteiger partial charge in [-0.2, -0.15) is 11.3 Å². The van der Waals surface area contributed by atoms with Crippen LogP contribution in [0.15, 0.2) is 16.8 Å². The van der Waals surface area contributed by atoms with Crippen LogP contribution in [0.25, 0.3) is 0 Å². The van der Waals surface area contributed by atoms with Gasteiger partial charge in [-0.1, -0.05) is 12.8 Å². The molecule has 2 aliphatic rings. The van der Waals surface area contributed by atoms with Crippen LogP contribution in [0, 0.1) is 0 Å². The number of morpholine rings is 1. The van der Waals surface area contributed by atoms with Crippen molar-refractivity contribution in [3.63, 3.8) is 0 Å². The minimum Gasteiger partial charge on any atom is -0.379 e. The fraction of sp³-hybridized carbons (Fsp3) is 0.750. The van der Waals surface area contributed by atoms with Crippen molar-refractivity contribution in [1.82, 2.24) is 4.90 Å². The summed E-state index contributed by atoms with van der Waals surface area (Å²) in [5, 5.41) is 4.41. The highest BCUT2D eigenvalue weighted by Gasteiger charge is 2.44. The van der Waals surface area contributed by atoms with Gasteiger partial charge in [-0.05, 0) is 48.1 Å². The molecule has 1 atom stereocenters. The summed E-state index contributed by atoms with van der Waals surface area (Å²) < 4.78 is 5.52. The Morgan fingerprint density at radius 2 is 2.05 bits per heavy atom. The minimum atomic E-state index is 0.250. The molecule has 1 aromatic rings. The maximum absolute atomic E-state index is 6.68. The number of nitrogens with zero attached hydrogens (tertiary/aromatic N) is 1. The molecule has 0 radical (unpaired) electrons. The second-order valence-corrected chi connectivity index (χ2v) is 6.97. The molecule has 2 N–H and O–H groups in total. The SMILES string of the molecule is NC(CCc1ccsc1)C1(N2CCOCC2)CCCC1. The summed E-state index contributed by atoms with van der Waals surface area (Å²) in [5.41, 5.74) is 8.38. The van der Waals surface area contributed by atoms with Crippen LogP contribution in [0.5, 0.6) is 0 Å². The molecule has 20 heavy (non-hydrogen) atoms. The van der Waals surface area contributed by atoms with Crippen LogP contribution >= 0.6 is 11.3 Å². The van der Waals surface area contributed by atoms with Crippen LogP contribution in [0.4, 0.5) is 0 Å². The molecular formula is C16H26N2OS. The standard InChI is InChI=1S/C16H26N2OS/c17-15(4-3-14-5-12-20-13-14)16(6-1-2-7-16)18-8-10-19-11-9-18/h5,12-13,15H,1-4,6-11,17H2. The van der Waals surface area contributed by atoms with Gasteiger partial charge in [-0.15, -0.1) is 0 Å². The number of hydrogen-bond donors (Lipinski definition) is 1. The highest BCUT2D eigenvalue weighted by molar-refractivity contribution is 7.07. The summed E-state index contributed by atoms with van der Waals surface area (Å²) in [6.07, 6.45) is 7.45. The van der Waals surface area contributed by atoms with Crippen molar-refractivity contribution in [2.24, 2.45) is 5.73 Å². The average molecular weight is 294 g/mol. The first-order valence-corrected chi connectivity index (χ1v) is 8.85. The summed E-state index contributed by atoms with van der Waals surface area (Å²) in [4.78, 5) is 2.64. The lowest BCUT2D eigenvalue weighted by Gasteiger charge is -2.47. The monoisotopic (exact) mass is 294 g/mol. The van der Waals surface area contributed by atoms with Gasteiger partial charge in [0.15, 0.2) is 0 Å². The summed E-state index contributed by atoms with van der Waals surface area (Å²) in [5.74, 6) is 0. The molecule has 4 heteroatoms. The predicted molar refractivity (Wildman–Crippen MR) is 84.2 cm³/mol. The normalized spacial score (nSPS) is 24.9. The molecular weight excluding hydrogens is 268 g/mol. The molecule has 3 rings (SSSR count). The third-order valence-corrected chi connectivity index (χ3v) is 5.86. The van der Waals surface area contributed by atoms with Gasteiger partial charge in [0.25, 0.3) is 0 Å². The maximum Gasteiger partial charge on any atom is 0.0594 e. The molecule has 2 heterocycles. The van der Waals surface area contributed by atoms with Crippen LogP contribution in [0.1, 0.15) is 37.7 Å². The van der Waals surface area contributed by atoms with Crippen molar-refractivity contribution in [2.45, 2.75) is 50.1 Å². The zero-order chi connectivity index (χ0) is 13.8. The van der Waals surface area contributed by atoms with Gasteiger partial charge >= 0.3 is 0 Å². The van der Waals surface area contributed by atoms with Crippen molar-refractivity contribution in [3.8, 4) is 0 Å². The smallest absolute Gasteiger partial charge is 0.0594 e. The third kappa shape index (κ3) is 2.93. The first-order valence-electron chi connectivity index (χ1n) is 7.91. The van der Waals surface area contributed by atoms with E-state index in [4.69, 9.17) is 10.5 Å². The molecule has 112 valence electrons. The van der Waals surface area contributed by atoms with E-state index in [9.17, 15) is 0 Å². The number of aryl methyl sites for hydroxylation is 1. The summed E-state index contributed by atoms with van der Waals surface area (Å²) in [6.45, 7) is 3.87. The van der Waals surface area contributed by atoms with Crippen LogP contribution < -0.4 is 5.73 Å². The summed E-state index contributed by atoms with van der Waals surface area (Å²) >= 11 is 1.78. The van der Waals surface area contributed by atoms with Crippen LogP contribution in [-0.4, -0.2) is 42.8 Å². The Morgan fingerprint density at radius 1 is 1.30 bits per heavy atom. The van der Waals surface area contributed by atoms with E-state index >= 15 is 0 Å². The van der Waals surface area contributed by atoms with E-state index in [0.717, 1.165) is 39.1 Å². The molecule has 3 nitrogen and oxygen atoms in total. The van der Waals surface area contributed by atoms with Gasteiger partial charge in [0.05, 0.1) is 13.2 Å². The average Bonchev–Trinajstić information content (AvgIpc) is 3.18. The zero-order valence-corrected chi connectivity index (χ0v) is 13.0. The minimum absolute atomic E-state index is 0.250. The van der Waals surface area contributed by atoms with Gasteiger partial charge in [-0.25, -0.2) is 0 Å². The Balaban J connectivity index is 1.65. The fourth-order valence-corrected chi connectivity index (χ4v) is 4.65. The molecule has 1 aromatic heterocycles. The Labute approximate surface area is 126 Å². The van der Waals surface area contributed by atoms with Crippen LogP contribution in [-0.2, 0) is 11.2 Å². The van der Waals surface area contributed by atoms with Gasteiger partial charge in [0.1, 0.15) is 0 Å². The second kappa shape index (κ2) is 6.56. The molecule has 0 amide bonds. The third-order valence-electron chi connectivity index (χ3n) is 5.12. The number of ether oxygens (including phenoxy) is 1. The molecule has 1 saturated heterocycles. The lowest BCUT2D eigenvalue weighted by atomic mass is 9.83. The van der Waals surface area contributed by atoms with Crippen molar-refractivity contribution < 1.29 is 4.74 Å². The summed E-state index contributed by atoms with van der Waals surface area (Å²) in [6, 6.07) is 2.52. The van der Waals surface area contributed by atoms with Gasteiger partial charge < -0.3 is 10.5 Å². The molecule has 1 saturated carbocycles. The second-order valence-electron chi connectivity index (χ2n) is 6.19. The Morgan fingerprint density at radius 3 is 2.70 bits per heavy atom. The number of thiophene rings is 1. The Kier molecular flexibility index (Phi) is 4.76. The number of hydrogen-bond acceptors (Lipinski definition) is 4. The van der Waals surface area contributed by atoms with Gasteiger partial charge in [0, 0.05) is 24.7 Å². The van der Waals surface area contributed by atoms with Crippen LogP contribution in [0.2, 0.25) is 0 Å². The molecule has 1 aliphatic heterocycles. The lowest BCUT2D eigenvalue weighted by Crippen LogP contribution is -2.61. The predicted octanol–water partition coefficient (Wildman–Crippen LogP) is 2.65. The van der Waals surface area contributed by atoms with E-state index in [0.29, 0.717) is 6.04 Å². The van der Waals surface area contributed by atoms with E-state index in [2.05, 4.69) is 21.7 Å². The zero-order valence-electron chi connectivity index (χ0n) is 12.2. The lowest BCUT2D eigenvalue weighted by molar-refractivity contribution is -0.0315. The highest BCUT2D eigenvalue weighted by Crippen LogP contribution is 2.39. The van der Waals surface area contributed by atoms with Crippen LogP contribution in [0.3, 0.4) is 0 Å². The quantitative estimate of drug-likeness (QED) is 0.907. The van der Waals surface area contributed by atoms with Crippen molar-refractivity contribution >= 4 is 11.3 Å². The van der Waals surface area contributed by atoms with E-state index in [1.165, 1.54) is 31.2 Å². The Hall–Kier alpha value is -0.420. The topological polar surface area (TPSA) is 38.5 Å². The summed E-state index contributed by atoms with van der Waals surface area (Å²) in [7, 11) is 0. The molecule has 0 aromatic carbocycles. The van der Waals surface area contributed by atoms with Crippen molar-refractivity contribution in [3.05, 3.63) is 22.4 Å². The van der Waals surface area contributed by atoms with Gasteiger partial charge in [-0.3, -0.25) is 4.90 Å². The molecule has 1 unspecified atom stereocenters.